The Morgan fingerprint density at radius 2 is 1.87 bits per heavy atom. The van der Waals surface area contributed by atoms with Gasteiger partial charge in [0.15, 0.2) is 0 Å². The molecule has 1 heterocycles. The number of hydrogen-bond donors (Lipinski definition) is 1. The topological polar surface area (TPSA) is 117 Å². The van der Waals surface area contributed by atoms with Gasteiger partial charge in [-0.1, -0.05) is 29.4 Å². The van der Waals surface area contributed by atoms with Crippen LogP contribution in [0.1, 0.15) is 11.1 Å². The second-order valence-electron chi connectivity index (χ2n) is 6.68. The van der Waals surface area contributed by atoms with Crippen LogP contribution in [0.15, 0.2) is 71.3 Å². The minimum atomic E-state index is -0.447. The highest BCUT2D eigenvalue weighted by Crippen LogP contribution is 2.27. The molecule has 0 saturated carbocycles. The van der Waals surface area contributed by atoms with Gasteiger partial charge in [-0.25, -0.2) is 0 Å². The van der Waals surface area contributed by atoms with Gasteiger partial charge in [0.2, 0.25) is 5.82 Å². The van der Waals surface area contributed by atoms with Crippen LogP contribution >= 0.6 is 0 Å². The van der Waals surface area contributed by atoms with Crippen molar-refractivity contribution in [3.8, 4) is 28.6 Å². The number of nitrogen functional groups attached to an aromatic ring is 1. The smallest absolute Gasteiger partial charge is 0.269 e. The molecule has 150 valence electrons. The number of aromatic nitrogens is 2. The molecule has 0 fully saturated rings. The van der Waals surface area contributed by atoms with Crippen molar-refractivity contribution in [2.45, 2.75) is 13.5 Å². The van der Waals surface area contributed by atoms with Crippen molar-refractivity contribution in [2.75, 3.05) is 5.73 Å². The van der Waals surface area contributed by atoms with Gasteiger partial charge >= 0.3 is 0 Å². The number of rotatable bonds is 6. The quantitative estimate of drug-likeness (QED) is 0.280. The normalized spacial score (nSPS) is 10.7. The molecular weight excluding hydrogens is 384 g/mol. The molecule has 2 N–H and O–H groups in total. The standard InChI is InChI=1S/C22H18N4O4/c1-14-19(6-3-7-20(14)23)21-24-22(30-25-21)16-5-2-4-15(12-16)13-29-18-10-8-17(9-11-18)26(27)28/h2-12H,13,23H2,1H3. The maximum absolute atomic E-state index is 10.7. The van der Waals surface area contributed by atoms with Crippen molar-refractivity contribution in [3.05, 3.63) is 88.0 Å². The molecule has 4 rings (SSSR count). The van der Waals surface area contributed by atoms with Crippen LogP contribution in [0.2, 0.25) is 0 Å². The van der Waals surface area contributed by atoms with Crippen LogP contribution in [0.5, 0.6) is 5.75 Å². The monoisotopic (exact) mass is 402 g/mol. The van der Waals surface area contributed by atoms with Gasteiger partial charge in [-0.05, 0) is 48.4 Å². The first kappa shape index (κ1) is 19.1. The van der Waals surface area contributed by atoms with Gasteiger partial charge in [0.05, 0.1) is 4.92 Å². The molecular formula is C22H18N4O4. The lowest BCUT2D eigenvalue weighted by molar-refractivity contribution is -0.384. The van der Waals surface area contributed by atoms with Crippen molar-refractivity contribution >= 4 is 11.4 Å². The Morgan fingerprint density at radius 1 is 1.10 bits per heavy atom. The first-order valence-corrected chi connectivity index (χ1v) is 9.17. The summed E-state index contributed by atoms with van der Waals surface area (Å²) in [6, 6.07) is 19.1. The summed E-state index contributed by atoms with van der Waals surface area (Å²) in [7, 11) is 0. The number of nitro benzene ring substituents is 1. The van der Waals surface area contributed by atoms with E-state index in [0.717, 1.165) is 22.3 Å². The van der Waals surface area contributed by atoms with Gasteiger partial charge in [-0.15, -0.1) is 0 Å². The molecule has 0 amide bonds. The van der Waals surface area contributed by atoms with Gasteiger partial charge in [0.1, 0.15) is 12.4 Å². The maximum Gasteiger partial charge on any atom is 0.269 e. The second-order valence-corrected chi connectivity index (χ2v) is 6.68. The summed E-state index contributed by atoms with van der Waals surface area (Å²) in [5.41, 5.74) is 10.0. The fraction of sp³-hybridized carbons (Fsp3) is 0.0909. The molecule has 0 aliphatic heterocycles. The molecule has 0 unspecified atom stereocenters. The van der Waals surface area contributed by atoms with Crippen LogP contribution in [0, 0.1) is 17.0 Å². The van der Waals surface area contributed by atoms with E-state index in [2.05, 4.69) is 10.1 Å². The van der Waals surface area contributed by atoms with Crippen LogP contribution in [0.3, 0.4) is 0 Å². The third kappa shape index (κ3) is 3.97. The Morgan fingerprint density at radius 3 is 2.63 bits per heavy atom. The highest BCUT2D eigenvalue weighted by Gasteiger charge is 2.14. The van der Waals surface area contributed by atoms with E-state index in [0.29, 0.717) is 29.8 Å². The van der Waals surface area contributed by atoms with Crippen molar-refractivity contribution in [2.24, 2.45) is 0 Å². The zero-order chi connectivity index (χ0) is 21.1. The summed E-state index contributed by atoms with van der Waals surface area (Å²) >= 11 is 0. The van der Waals surface area contributed by atoms with Crippen molar-refractivity contribution in [3.63, 3.8) is 0 Å². The van der Waals surface area contributed by atoms with Crippen molar-refractivity contribution in [1.82, 2.24) is 10.1 Å². The van der Waals surface area contributed by atoms with E-state index < -0.39 is 4.92 Å². The zero-order valence-electron chi connectivity index (χ0n) is 16.1. The summed E-state index contributed by atoms with van der Waals surface area (Å²) in [5.74, 6) is 1.41. The van der Waals surface area contributed by atoms with Crippen molar-refractivity contribution in [1.29, 1.82) is 0 Å². The zero-order valence-corrected chi connectivity index (χ0v) is 16.1. The lowest BCUT2D eigenvalue weighted by Crippen LogP contribution is -1.96. The number of benzene rings is 3. The van der Waals surface area contributed by atoms with E-state index in [4.69, 9.17) is 15.0 Å². The van der Waals surface area contributed by atoms with Crippen LogP contribution in [-0.4, -0.2) is 15.1 Å². The van der Waals surface area contributed by atoms with Crippen molar-refractivity contribution < 1.29 is 14.2 Å². The Kier molecular flexibility index (Phi) is 5.13. The molecule has 0 atom stereocenters. The van der Waals surface area contributed by atoms with E-state index in [-0.39, 0.29) is 5.69 Å². The third-order valence-corrected chi connectivity index (χ3v) is 4.67. The summed E-state index contributed by atoms with van der Waals surface area (Å²) in [6.07, 6.45) is 0. The molecule has 0 aliphatic rings. The number of non-ortho nitro benzene ring substituents is 1. The lowest BCUT2D eigenvalue weighted by atomic mass is 10.1. The number of ether oxygens (including phenoxy) is 1. The van der Waals surface area contributed by atoms with Gasteiger partial charge in [0.25, 0.3) is 11.6 Å². The van der Waals surface area contributed by atoms with Gasteiger partial charge < -0.3 is 15.0 Å². The average molecular weight is 402 g/mol. The average Bonchev–Trinajstić information content (AvgIpc) is 3.25. The predicted molar refractivity (Wildman–Crippen MR) is 112 cm³/mol. The van der Waals surface area contributed by atoms with E-state index in [1.165, 1.54) is 12.1 Å². The fourth-order valence-corrected chi connectivity index (χ4v) is 2.97. The van der Waals surface area contributed by atoms with Gasteiger partial charge in [-0.3, -0.25) is 10.1 Å². The summed E-state index contributed by atoms with van der Waals surface area (Å²) in [5, 5.41) is 14.8. The molecule has 0 bridgehead atoms. The van der Waals surface area contributed by atoms with Crippen LogP contribution < -0.4 is 10.5 Å². The highest BCUT2D eigenvalue weighted by molar-refractivity contribution is 5.69. The number of nitrogens with zero attached hydrogens (tertiary/aromatic N) is 3. The molecule has 30 heavy (non-hydrogen) atoms. The lowest BCUT2D eigenvalue weighted by Gasteiger charge is -2.06. The number of nitro groups is 1. The molecule has 0 spiro atoms. The molecule has 8 nitrogen and oxygen atoms in total. The van der Waals surface area contributed by atoms with Crippen LogP contribution in [0.4, 0.5) is 11.4 Å². The fourth-order valence-electron chi connectivity index (χ4n) is 2.97. The van der Waals surface area contributed by atoms with Gasteiger partial charge in [-0.2, -0.15) is 4.98 Å². The molecule has 0 aliphatic carbocycles. The SMILES string of the molecule is Cc1c(N)cccc1-c1noc(-c2cccc(COc3ccc([N+](=O)[O-])cc3)c2)n1. The third-order valence-electron chi connectivity index (χ3n) is 4.67. The number of nitrogens with two attached hydrogens (primary N) is 1. The number of hydrogen-bond acceptors (Lipinski definition) is 7. The first-order chi connectivity index (χ1) is 14.5. The van der Waals surface area contributed by atoms with Crippen LogP contribution in [-0.2, 0) is 6.61 Å². The maximum atomic E-state index is 10.7. The molecule has 1 aromatic heterocycles. The summed E-state index contributed by atoms with van der Waals surface area (Å²) in [6.45, 7) is 2.21. The minimum Gasteiger partial charge on any atom is -0.489 e. The molecule has 8 heteroatoms. The van der Waals surface area contributed by atoms with E-state index >= 15 is 0 Å². The Labute approximate surface area is 172 Å². The van der Waals surface area contributed by atoms with E-state index in [1.54, 1.807) is 12.1 Å². The second kappa shape index (κ2) is 8.04. The summed E-state index contributed by atoms with van der Waals surface area (Å²) in [4.78, 5) is 14.8. The Hall–Kier alpha value is -4.20. The highest BCUT2D eigenvalue weighted by atomic mass is 16.6. The molecule has 3 aromatic carbocycles. The van der Waals surface area contributed by atoms with Crippen LogP contribution in [0.25, 0.3) is 22.8 Å². The van der Waals surface area contributed by atoms with E-state index in [1.807, 2.05) is 49.4 Å². The van der Waals surface area contributed by atoms with Gasteiger partial charge in [0, 0.05) is 28.9 Å². The summed E-state index contributed by atoms with van der Waals surface area (Å²) < 4.78 is 11.2. The Bertz CT molecular complexity index is 1200. The first-order valence-electron chi connectivity index (χ1n) is 9.17. The largest absolute Gasteiger partial charge is 0.489 e. The van der Waals surface area contributed by atoms with E-state index in [9.17, 15) is 10.1 Å². The predicted octanol–water partition coefficient (Wildman–Crippen LogP) is 4.78. The molecule has 0 radical (unpaired) electrons. The molecule has 4 aromatic rings. The molecule has 0 saturated heterocycles. The Balaban J connectivity index is 1.50. The minimum absolute atomic E-state index is 0.0203. The number of anilines is 1.